The number of alkyl halides is 3. The van der Waals surface area contributed by atoms with Gasteiger partial charge in [0.25, 0.3) is 0 Å². The normalized spacial score (nSPS) is 15.2. The summed E-state index contributed by atoms with van der Waals surface area (Å²) < 4.78 is 60.3. The van der Waals surface area contributed by atoms with Crippen molar-refractivity contribution in [1.29, 1.82) is 0 Å². The van der Waals surface area contributed by atoms with Gasteiger partial charge in [-0.3, -0.25) is 5.32 Å². The highest BCUT2D eigenvalue weighted by molar-refractivity contribution is 7.17. The standard InChI is InChI=1S/C30H32F4N2O3S2/c1-29(2,3)39-27(37)24-20-9-5-7-11-23(20)41-26(24)36-28(38)35-15-21-19-8-4-6-10-22(19)40-25(21)16-12-17(30(32,33)34)14-18(31)13-16/h12-14H,4-11,15H2,1-3H3,(H2,35,36,38). The van der Waals surface area contributed by atoms with Gasteiger partial charge in [-0.15, -0.1) is 22.7 Å². The molecule has 220 valence electrons. The van der Waals surface area contributed by atoms with Gasteiger partial charge < -0.3 is 10.1 Å². The molecule has 41 heavy (non-hydrogen) atoms. The molecule has 0 atom stereocenters. The molecular formula is C30H32F4N2O3S2. The summed E-state index contributed by atoms with van der Waals surface area (Å²) in [5.41, 5.74) is 1.43. The second-order valence-corrected chi connectivity index (χ2v) is 13.7. The van der Waals surface area contributed by atoms with E-state index in [4.69, 9.17) is 4.74 Å². The van der Waals surface area contributed by atoms with Gasteiger partial charge >= 0.3 is 18.2 Å². The number of ether oxygens (including phenoxy) is 1. The van der Waals surface area contributed by atoms with Crippen LogP contribution in [0.2, 0.25) is 0 Å². The first-order valence-corrected chi connectivity index (χ1v) is 15.4. The Kier molecular flexibility index (Phi) is 8.22. The molecule has 0 saturated carbocycles. The van der Waals surface area contributed by atoms with Gasteiger partial charge in [-0.1, -0.05) is 0 Å². The molecule has 2 aliphatic carbocycles. The van der Waals surface area contributed by atoms with E-state index in [1.165, 1.54) is 22.7 Å². The molecule has 0 saturated heterocycles. The van der Waals surface area contributed by atoms with Crippen LogP contribution in [0.5, 0.6) is 0 Å². The van der Waals surface area contributed by atoms with Crippen molar-refractivity contribution in [1.82, 2.24) is 5.32 Å². The highest BCUT2D eigenvalue weighted by atomic mass is 32.1. The zero-order chi connectivity index (χ0) is 29.5. The van der Waals surface area contributed by atoms with Gasteiger partial charge in [0.1, 0.15) is 16.4 Å². The van der Waals surface area contributed by atoms with E-state index >= 15 is 0 Å². The molecule has 3 aromatic rings. The molecule has 2 amide bonds. The zero-order valence-electron chi connectivity index (χ0n) is 23.1. The maximum atomic E-state index is 14.3. The number of fused-ring (bicyclic) bond motifs is 2. The van der Waals surface area contributed by atoms with Crippen LogP contribution in [0.1, 0.15) is 88.8 Å². The van der Waals surface area contributed by atoms with E-state index in [9.17, 15) is 27.2 Å². The number of hydrogen-bond donors (Lipinski definition) is 2. The van der Waals surface area contributed by atoms with Crippen molar-refractivity contribution in [2.24, 2.45) is 0 Å². The van der Waals surface area contributed by atoms with Gasteiger partial charge in [-0.2, -0.15) is 13.2 Å². The average molecular weight is 609 g/mol. The summed E-state index contributed by atoms with van der Waals surface area (Å²) in [7, 11) is 0. The van der Waals surface area contributed by atoms with Gasteiger partial charge in [-0.25, -0.2) is 14.0 Å². The molecule has 0 fully saturated rings. The second kappa shape index (κ2) is 11.4. The first-order valence-electron chi connectivity index (χ1n) is 13.7. The van der Waals surface area contributed by atoms with Gasteiger partial charge in [0.15, 0.2) is 0 Å². The summed E-state index contributed by atoms with van der Waals surface area (Å²) in [6.45, 7) is 5.43. The lowest BCUT2D eigenvalue weighted by Crippen LogP contribution is -2.30. The predicted octanol–water partition coefficient (Wildman–Crippen LogP) is 8.67. The summed E-state index contributed by atoms with van der Waals surface area (Å²) in [4.78, 5) is 28.9. The van der Waals surface area contributed by atoms with Gasteiger partial charge in [0.2, 0.25) is 0 Å². The minimum atomic E-state index is -4.68. The zero-order valence-corrected chi connectivity index (χ0v) is 24.8. The largest absolute Gasteiger partial charge is 0.456 e. The Bertz CT molecular complexity index is 1480. The number of benzene rings is 1. The number of halogens is 4. The van der Waals surface area contributed by atoms with Crippen molar-refractivity contribution >= 4 is 39.7 Å². The molecular weight excluding hydrogens is 576 g/mol. The van der Waals surface area contributed by atoms with E-state index in [-0.39, 0.29) is 12.1 Å². The van der Waals surface area contributed by atoms with Crippen molar-refractivity contribution in [3.63, 3.8) is 0 Å². The molecule has 2 aromatic heterocycles. The molecule has 2 aliphatic rings. The van der Waals surface area contributed by atoms with E-state index in [2.05, 4.69) is 10.6 Å². The van der Waals surface area contributed by atoms with E-state index in [1.54, 1.807) is 20.8 Å². The Balaban J connectivity index is 1.41. The van der Waals surface area contributed by atoms with Crippen LogP contribution in [-0.2, 0) is 43.1 Å². The number of rotatable bonds is 5. The van der Waals surface area contributed by atoms with Crippen LogP contribution in [0.4, 0.5) is 27.4 Å². The third-order valence-electron chi connectivity index (χ3n) is 7.20. The van der Waals surface area contributed by atoms with Crippen LogP contribution in [0.25, 0.3) is 10.4 Å². The number of carbonyl (C=O) groups excluding carboxylic acids is 2. The number of hydrogen-bond acceptors (Lipinski definition) is 5. The summed E-state index contributed by atoms with van der Waals surface area (Å²) in [5, 5.41) is 6.11. The van der Waals surface area contributed by atoms with Crippen LogP contribution in [-0.4, -0.2) is 17.6 Å². The molecule has 11 heteroatoms. The fourth-order valence-corrected chi connectivity index (χ4v) is 8.12. The van der Waals surface area contributed by atoms with Crippen molar-refractivity contribution in [3.8, 4) is 10.4 Å². The highest BCUT2D eigenvalue weighted by Gasteiger charge is 2.33. The lowest BCUT2D eigenvalue weighted by atomic mass is 9.93. The lowest BCUT2D eigenvalue weighted by Gasteiger charge is -2.21. The monoisotopic (exact) mass is 608 g/mol. The predicted molar refractivity (Wildman–Crippen MR) is 153 cm³/mol. The van der Waals surface area contributed by atoms with Crippen LogP contribution < -0.4 is 10.6 Å². The Morgan fingerprint density at radius 1 is 0.902 bits per heavy atom. The Labute approximate surface area is 244 Å². The number of carbonyl (C=O) groups is 2. The minimum absolute atomic E-state index is 0.0533. The number of esters is 1. The molecule has 0 aliphatic heterocycles. The molecule has 2 heterocycles. The lowest BCUT2D eigenvalue weighted by molar-refractivity contribution is -0.137. The van der Waals surface area contributed by atoms with E-state index in [0.717, 1.165) is 84.4 Å². The molecule has 0 unspecified atom stereocenters. The number of urea groups is 1. The minimum Gasteiger partial charge on any atom is -0.456 e. The van der Waals surface area contributed by atoms with Crippen molar-refractivity contribution in [2.75, 3.05) is 5.32 Å². The van der Waals surface area contributed by atoms with Crippen LogP contribution in [0, 0.1) is 5.82 Å². The number of aryl methyl sites for hydroxylation is 2. The number of anilines is 1. The molecule has 5 nitrogen and oxygen atoms in total. The summed E-state index contributed by atoms with van der Waals surface area (Å²) in [6.07, 6.45) is 2.28. The molecule has 0 spiro atoms. The van der Waals surface area contributed by atoms with E-state index in [1.807, 2.05) is 0 Å². The average Bonchev–Trinajstić information content (AvgIpc) is 3.43. The van der Waals surface area contributed by atoms with Crippen molar-refractivity contribution in [2.45, 2.75) is 90.5 Å². The highest BCUT2D eigenvalue weighted by Crippen LogP contribution is 2.43. The maximum Gasteiger partial charge on any atom is 0.416 e. The molecule has 1 aromatic carbocycles. The topological polar surface area (TPSA) is 67.4 Å². The SMILES string of the molecule is CC(C)(C)OC(=O)c1c(NC(=O)NCc2c(-c3cc(F)cc(C(F)(F)F)c3)sc3c2CCCC3)sc2c1CCCC2. The molecule has 5 rings (SSSR count). The first-order chi connectivity index (χ1) is 19.3. The van der Waals surface area contributed by atoms with Crippen LogP contribution >= 0.6 is 22.7 Å². The smallest absolute Gasteiger partial charge is 0.416 e. The third kappa shape index (κ3) is 6.61. The van der Waals surface area contributed by atoms with Crippen molar-refractivity contribution in [3.05, 3.63) is 61.6 Å². The van der Waals surface area contributed by atoms with Gasteiger partial charge in [-0.05, 0) is 113 Å². The fraction of sp³-hybridized carbons (Fsp3) is 0.467. The van der Waals surface area contributed by atoms with Crippen LogP contribution in [0.15, 0.2) is 18.2 Å². The fourth-order valence-electron chi connectivity index (χ4n) is 5.45. The third-order valence-corrected chi connectivity index (χ3v) is 9.79. The van der Waals surface area contributed by atoms with Crippen LogP contribution in [0.3, 0.4) is 0 Å². The van der Waals surface area contributed by atoms with Crippen molar-refractivity contribution < 1.29 is 31.9 Å². The Hall–Kier alpha value is -2.92. The summed E-state index contributed by atoms with van der Waals surface area (Å²) >= 11 is 2.74. The van der Waals surface area contributed by atoms with Gasteiger partial charge in [0, 0.05) is 21.2 Å². The quantitative estimate of drug-likeness (QED) is 0.225. The molecule has 0 bridgehead atoms. The van der Waals surface area contributed by atoms with Gasteiger partial charge in [0.05, 0.1) is 11.1 Å². The number of thiophene rings is 2. The Morgan fingerprint density at radius 2 is 1.54 bits per heavy atom. The summed E-state index contributed by atoms with van der Waals surface area (Å²) in [6, 6.07) is 2.03. The molecule has 2 N–H and O–H groups in total. The molecule has 0 radical (unpaired) electrons. The van der Waals surface area contributed by atoms with E-state index < -0.39 is 35.2 Å². The Morgan fingerprint density at radius 3 is 2.20 bits per heavy atom. The summed E-state index contributed by atoms with van der Waals surface area (Å²) in [5.74, 6) is -1.44. The number of nitrogens with one attached hydrogen (secondary N) is 2. The second-order valence-electron chi connectivity index (χ2n) is 11.5. The van der Waals surface area contributed by atoms with E-state index in [0.29, 0.717) is 27.1 Å². The maximum absolute atomic E-state index is 14.3. The first kappa shape index (κ1) is 29.6. The number of amides is 2.